The molecule has 31 heteroatoms. The molecule has 0 saturated heterocycles. The number of ether oxygens (including phenoxy) is 4. The lowest BCUT2D eigenvalue weighted by molar-refractivity contribution is 0.322. The summed E-state index contributed by atoms with van der Waals surface area (Å²) in [5.41, 5.74) is 2.67. The van der Waals surface area contributed by atoms with E-state index in [1.54, 1.807) is 24.3 Å². The fourth-order valence-corrected chi connectivity index (χ4v) is 13.0. The van der Waals surface area contributed by atoms with E-state index in [0.717, 1.165) is 45.7 Å². The maximum Gasteiger partial charge on any atom is 0.307 e. The van der Waals surface area contributed by atoms with Crippen LogP contribution in [0.5, 0.6) is 23.0 Å². The third-order valence-electron chi connectivity index (χ3n) is 10.1. The average molecular weight is 1100 g/mol. The van der Waals surface area contributed by atoms with Crippen molar-refractivity contribution in [3.8, 4) is 23.0 Å². The minimum Gasteiger partial charge on any atom is -0.494 e. The number of fused-ring (bicyclic) bond motifs is 2. The molecule has 0 unspecified atom stereocenters. The van der Waals surface area contributed by atoms with Crippen molar-refractivity contribution in [2.75, 3.05) is 87.4 Å². The molecular weight excluding hydrogens is 1050 g/mol. The first-order chi connectivity index (χ1) is 33.5. The maximum atomic E-state index is 12.2. The van der Waals surface area contributed by atoms with Gasteiger partial charge in [-0.15, -0.1) is 20.5 Å². The SMILES string of the molecule is CCN(CC)c1cc(Nc2nc(Nc3cc(N(CC)CC)c(OC)cc3N=Nc3snc4sc(S(=O)(=O)O)c(OC)c34)nc(SCCO)n2)c(N=Nc2snc3sc(S(=O)(=O)O)c(OC)c23)cc1OC. The highest BCUT2D eigenvalue weighted by Gasteiger charge is 2.29. The summed E-state index contributed by atoms with van der Waals surface area (Å²) in [7, 11) is -3.67. The van der Waals surface area contributed by atoms with Gasteiger partial charge in [-0.1, -0.05) is 34.4 Å². The summed E-state index contributed by atoms with van der Waals surface area (Å²) >= 11 is 4.56. The van der Waals surface area contributed by atoms with E-state index in [9.17, 15) is 31.0 Å². The van der Waals surface area contributed by atoms with Gasteiger partial charge in [-0.05, 0) is 62.9 Å². The van der Waals surface area contributed by atoms with Gasteiger partial charge in [0.15, 0.2) is 35.1 Å². The van der Waals surface area contributed by atoms with Crippen LogP contribution in [-0.2, 0) is 20.2 Å². The van der Waals surface area contributed by atoms with Crippen molar-refractivity contribution in [3.63, 3.8) is 0 Å². The van der Waals surface area contributed by atoms with Gasteiger partial charge >= 0.3 is 20.2 Å². The monoisotopic (exact) mass is 1100 g/mol. The second kappa shape index (κ2) is 22.2. The Kier molecular flexibility index (Phi) is 16.5. The second-order valence-electron chi connectivity index (χ2n) is 14.0. The Morgan fingerprint density at radius 1 is 0.629 bits per heavy atom. The molecule has 70 heavy (non-hydrogen) atoms. The third kappa shape index (κ3) is 11.0. The molecule has 0 radical (unpaired) electrons. The predicted molar refractivity (Wildman–Crippen MR) is 273 cm³/mol. The van der Waals surface area contributed by atoms with Crippen LogP contribution in [-0.4, -0.2) is 122 Å². The lowest BCUT2D eigenvalue weighted by Gasteiger charge is -2.25. The number of azo groups is 2. The van der Waals surface area contributed by atoms with E-state index in [0.29, 0.717) is 60.4 Å². The number of aromatic nitrogens is 5. The molecule has 2 aromatic carbocycles. The van der Waals surface area contributed by atoms with Gasteiger partial charge in [-0.3, -0.25) is 9.11 Å². The van der Waals surface area contributed by atoms with Crippen LogP contribution < -0.4 is 39.4 Å². The van der Waals surface area contributed by atoms with E-state index < -0.39 is 28.7 Å². The molecule has 7 rings (SSSR count). The van der Waals surface area contributed by atoms with Crippen LogP contribution in [0.2, 0.25) is 0 Å². The zero-order chi connectivity index (χ0) is 50.5. The lowest BCUT2D eigenvalue weighted by Crippen LogP contribution is -2.22. The Morgan fingerprint density at radius 2 is 1.04 bits per heavy atom. The summed E-state index contributed by atoms with van der Waals surface area (Å²) in [6, 6.07) is 6.95. The van der Waals surface area contributed by atoms with E-state index in [-0.39, 0.29) is 82.7 Å². The molecule has 0 amide bonds. The number of methoxy groups -OCH3 is 4. The summed E-state index contributed by atoms with van der Waals surface area (Å²) in [6.45, 7) is 10.3. The highest BCUT2D eigenvalue weighted by atomic mass is 32.3. The Labute approximate surface area is 421 Å². The quantitative estimate of drug-likeness (QED) is 0.0226. The number of benzene rings is 2. The topological polar surface area (TPSA) is 310 Å². The summed E-state index contributed by atoms with van der Waals surface area (Å²) < 4.78 is 98.7. The summed E-state index contributed by atoms with van der Waals surface area (Å²) in [5.74, 6) is 1.06. The second-order valence-corrected chi connectivity index (χ2v) is 21.8. The first kappa shape index (κ1) is 52.2. The molecule has 0 aliphatic rings. The molecule has 0 bridgehead atoms. The van der Waals surface area contributed by atoms with Gasteiger partial charge in [0.2, 0.25) is 11.9 Å². The third-order valence-corrected chi connectivity index (χ3v) is 17.4. The van der Waals surface area contributed by atoms with Gasteiger partial charge in [0.1, 0.15) is 32.5 Å². The van der Waals surface area contributed by atoms with Crippen molar-refractivity contribution in [2.45, 2.75) is 41.3 Å². The number of anilines is 6. The van der Waals surface area contributed by atoms with Gasteiger partial charge in [-0.2, -0.15) is 40.5 Å². The van der Waals surface area contributed by atoms with Gasteiger partial charge < -0.3 is 44.5 Å². The first-order valence-corrected chi connectivity index (χ1v) is 27.8. The molecule has 5 N–H and O–H groups in total. The maximum absolute atomic E-state index is 12.2. The standard InChI is InChI=1S/C39H45N13O11S7/c1-9-51(10-2)23-15-19(21(17-25(23)60-5)45-47-31-27-29(62-7)35(69(54,55)56)65-33(27)49-67-31)40-37-42-38(44-39(43-37)64-14-13-53)41-20-16-24(52(11-3)12-4)26(61-6)18-22(20)46-48-32-28-30(63-8)36(70(57,58)59)66-34(28)50-68-32/h15-18,53H,9-14H2,1-8H3,(H,54,55,56)(H,57,58,59)(H2,40,41,42,43,44). The van der Waals surface area contributed by atoms with Crippen molar-refractivity contribution in [2.24, 2.45) is 20.5 Å². The van der Waals surface area contributed by atoms with E-state index in [1.165, 1.54) is 40.2 Å². The van der Waals surface area contributed by atoms with Crippen LogP contribution in [0.4, 0.5) is 56.0 Å². The molecule has 374 valence electrons. The van der Waals surface area contributed by atoms with Crippen LogP contribution in [0.15, 0.2) is 58.3 Å². The summed E-state index contributed by atoms with van der Waals surface area (Å²) in [6.07, 6.45) is 0. The molecular formula is C39H45N13O11S7. The smallest absolute Gasteiger partial charge is 0.307 e. The highest BCUT2D eigenvalue weighted by Crippen LogP contribution is 2.50. The van der Waals surface area contributed by atoms with E-state index in [2.05, 4.69) is 59.6 Å². The van der Waals surface area contributed by atoms with Gasteiger partial charge in [0, 0.05) is 44.1 Å². The minimum atomic E-state index is -4.63. The van der Waals surface area contributed by atoms with Crippen LogP contribution >= 0.6 is 57.5 Å². The van der Waals surface area contributed by atoms with Gasteiger partial charge in [0.05, 0.1) is 68.6 Å². The number of nitrogens with one attached hydrogen (secondary N) is 2. The normalized spacial score (nSPS) is 12.2. The molecule has 5 heterocycles. The zero-order valence-corrected chi connectivity index (χ0v) is 44.2. The lowest BCUT2D eigenvalue weighted by atomic mass is 10.2. The fraction of sp³-hybridized carbons (Fsp3) is 0.359. The van der Waals surface area contributed by atoms with Crippen molar-refractivity contribution in [1.29, 1.82) is 0 Å². The fourth-order valence-electron chi connectivity index (χ4n) is 6.92. The zero-order valence-electron chi connectivity index (χ0n) is 38.4. The van der Waals surface area contributed by atoms with Crippen LogP contribution in [0, 0.1) is 0 Å². The van der Waals surface area contributed by atoms with E-state index >= 15 is 0 Å². The summed E-state index contributed by atoms with van der Waals surface area (Å²) in [4.78, 5) is 18.8. The number of aliphatic hydroxyl groups excluding tert-OH is 1. The largest absolute Gasteiger partial charge is 0.494 e. The summed E-state index contributed by atoms with van der Waals surface area (Å²) in [5, 5.41) is 35.6. The van der Waals surface area contributed by atoms with Crippen LogP contribution in [0.3, 0.4) is 0 Å². The van der Waals surface area contributed by atoms with Crippen molar-refractivity contribution < 1.29 is 50.0 Å². The molecule has 0 spiro atoms. The molecule has 0 fully saturated rings. The van der Waals surface area contributed by atoms with Crippen LogP contribution in [0.1, 0.15) is 27.7 Å². The number of aliphatic hydroxyl groups is 1. The molecule has 0 atom stereocenters. The Morgan fingerprint density at radius 3 is 1.39 bits per heavy atom. The molecule has 5 aromatic heterocycles. The van der Waals surface area contributed by atoms with E-state index in [1.807, 2.05) is 27.7 Å². The van der Waals surface area contributed by atoms with Gasteiger partial charge in [0.25, 0.3) is 0 Å². The minimum absolute atomic E-state index is 0.0504. The van der Waals surface area contributed by atoms with Crippen molar-refractivity contribution >= 4 is 154 Å². The number of nitrogens with zero attached hydrogens (tertiary/aromatic N) is 11. The van der Waals surface area contributed by atoms with E-state index in [4.69, 9.17) is 23.9 Å². The number of thioether (sulfide) groups is 1. The Hall–Kier alpha value is -5.64. The average Bonchev–Trinajstić information content (AvgIpc) is 4.12. The Balaban J connectivity index is 1.35. The number of rotatable bonds is 23. The first-order valence-electron chi connectivity index (χ1n) is 20.7. The van der Waals surface area contributed by atoms with Crippen molar-refractivity contribution in [3.05, 3.63) is 24.3 Å². The number of thiophene rings is 2. The van der Waals surface area contributed by atoms with Crippen LogP contribution in [0.25, 0.3) is 20.4 Å². The molecule has 24 nitrogen and oxygen atoms in total. The number of hydrogen-bond donors (Lipinski definition) is 5. The molecule has 0 aliphatic carbocycles. The Bertz CT molecular complexity index is 3100. The van der Waals surface area contributed by atoms with Gasteiger partial charge in [-0.25, -0.2) is 0 Å². The predicted octanol–water partition coefficient (Wildman–Crippen LogP) is 9.84. The molecule has 0 aliphatic heterocycles. The molecule has 7 aromatic rings. The van der Waals surface area contributed by atoms with Crippen molar-refractivity contribution in [1.82, 2.24) is 23.7 Å². The highest BCUT2D eigenvalue weighted by molar-refractivity contribution is 7.99. The number of hydrogen-bond acceptors (Lipinski definition) is 27. The molecule has 0 saturated carbocycles.